The number of amides is 1. The van der Waals surface area contributed by atoms with Crippen molar-refractivity contribution < 1.29 is 18.5 Å². The monoisotopic (exact) mass is 421 g/mol. The molecule has 0 aromatic heterocycles. The first-order chi connectivity index (χ1) is 13.5. The second kappa shape index (κ2) is 6.89. The normalized spacial score (nSPS) is 25.6. The summed E-state index contributed by atoms with van der Waals surface area (Å²) in [6, 6.07) is 7.10. The Bertz CT molecular complexity index is 998. The van der Waals surface area contributed by atoms with Crippen molar-refractivity contribution >= 4 is 45.5 Å². The van der Waals surface area contributed by atoms with Crippen molar-refractivity contribution in [2.24, 2.45) is 0 Å². The molecule has 148 valence electrons. The fourth-order valence-corrected chi connectivity index (χ4v) is 6.04. The van der Waals surface area contributed by atoms with E-state index in [0.717, 1.165) is 34.6 Å². The van der Waals surface area contributed by atoms with Crippen molar-refractivity contribution in [3.8, 4) is 5.75 Å². The fourth-order valence-electron chi connectivity index (χ4n) is 3.85. The number of carbonyl (C=O) groups is 1. The summed E-state index contributed by atoms with van der Waals surface area (Å²) in [6.45, 7) is 1.74. The summed E-state index contributed by atoms with van der Waals surface area (Å²) in [5.41, 5.74) is 0.873. The molecule has 1 saturated carbocycles. The summed E-state index contributed by atoms with van der Waals surface area (Å²) >= 11 is 0.0540. The van der Waals surface area contributed by atoms with E-state index in [2.05, 4.69) is 9.03 Å². The Morgan fingerprint density at radius 3 is 2.79 bits per heavy atom. The number of aromatic hydroxyl groups is 1. The van der Waals surface area contributed by atoms with Gasteiger partial charge in [0.1, 0.15) is 18.0 Å². The lowest BCUT2D eigenvalue weighted by Gasteiger charge is -2.18. The van der Waals surface area contributed by atoms with Gasteiger partial charge in [-0.3, -0.25) is 13.8 Å². The molecule has 3 aliphatic rings. The third-order valence-corrected chi connectivity index (χ3v) is 7.95. The van der Waals surface area contributed by atoms with Gasteiger partial charge in [-0.2, -0.15) is 0 Å². The Morgan fingerprint density at radius 2 is 2.07 bits per heavy atom. The maximum Gasteiger partial charge on any atom is 0.253 e. The van der Waals surface area contributed by atoms with E-state index in [1.807, 2.05) is 30.1 Å². The van der Waals surface area contributed by atoms with E-state index >= 15 is 4.39 Å². The zero-order valence-electron chi connectivity index (χ0n) is 15.1. The minimum absolute atomic E-state index is 0.196. The predicted molar refractivity (Wildman–Crippen MR) is 109 cm³/mol. The molecule has 1 amide bonds. The Morgan fingerprint density at radius 1 is 1.25 bits per heavy atom. The zero-order valence-corrected chi connectivity index (χ0v) is 16.7. The van der Waals surface area contributed by atoms with Crippen molar-refractivity contribution in [1.29, 1.82) is 0 Å². The van der Waals surface area contributed by atoms with Gasteiger partial charge in [0, 0.05) is 23.7 Å². The Balaban J connectivity index is 1.48. The summed E-state index contributed by atoms with van der Waals surface area (Å²) in [5, 5.41) is 12.0. The Labute approximate surface area is 168 Å². The van der Waals surface area contributed by atoms with Gasteiger partial charge in [0.15, 0.2) is 5.82 Å². The van der Waals surface area contributed by atoms with Gasteiger partial charge in [-0.25, -0.2) is 12.9 Å². The molecule has 6 nitrogen and oxygen atoms in total. The number of benzene rings is 2. The van der Waals surface area contributed by atoms with Gasteiger partial charge in [0.2, 0.25) is 11.2 Å². The lowest BCUT2D eigenvalue weighted by atomic mass is 9.95. The quantitative estimate of drug-likeness (QED) is 0.743. The number of hydrogen-bond acceptors (Lipinski definition) is 5. The van der Waals surface area contributed by atoms with Crippen molar-refractivity contribution in [1.82, 2.24) is 9.03 Å². The van der Waals surface area contributed by atoms with E-state index in [4.69, 9.17) is 0 Å². The number of halogens is 1. The molecule has 2 atom stereocenters. The first-order valence-corrected chi connectivity index (χ1v) is 11.3. The molecule has 9 heteroatoms. The Kier molecular flexibility index (Phi) is 4.48. The van der Waals surface area contributed by atoms with Gasteiger partial charge in [-0.15, -0.1) is 0 Å². The summed E-state index contributed by atoms with van der Waals surface area (Å²) in [4.78, 5) is 11.5. The number of hydrogen-bond donors (Lipinski definition) is 2. The number of nitrogens with one attached hydrogen (secondary N) is 1. The smallest absolute Gasteiger partial charge is 0.253 e. The first kappa shape index (κ1) is 18.2. The largest absolute Gasteiger partial charge is 0.506 e. The minimum Gasteiger partial charge on any atom is -0.506 e. The van der Waals surface area contributed by atoms with Crippen molar-refractivity contribution in [2.75, 3.05) is 23.9 Å². The van der Waals surface area contributed by atoms with Crippen LogP contribution < -0.4 is 9.03 Å². The average Bonchev–Trinajstić information content (AvgIpc) is 3.24. The van der Waals surface area contributed by atoms with Crippen LogP contribution in [0.4, 0.5) is 10.1 Å². The second-order valence-electron chi connectivity index (χ2n) is 7.53. The van der Waals surface area contributed by atoms with Crippen LogP contribution in [0.2, 0.25) is 0 Å². The lowest BCUT2D eigenvalue weighted by Crippen LogP contribution is -2.23. The van der Waals surface area contributed by atoms with Gasteiger partial charge in [0.25, 0.3) is 5.91 Å². The highest BCUT2D eigenvalue weighted by atomic mass is 32.2. The molecule has 1 aliphatic carbocycles. The summed E-state index contributed by atoms with van der Waals surface area (Å²) < 4.78 is 33.1. The van der Waals surface area contributed by atoms with E-state index in [1.54, 1.807) is 0 Å². The molecule has 2 N–H and O–H groups in total. The van der Waals surface area contributed by atoms with Crippen LogP contribution in [0, 0.1) is 5.82 Å². The van der Waals surface area contributed by atoms with Crippen molar-refractivity contribution in [2.45, 2.75) is 30.4 Å². The second-order valence-corrected chi connectivity index (χ2v) is 10.1. The van der Waals surface area contributed by atoms with Crippen LogP contribution in [-0.4, -0.2) is 44.4 Å². The van der Waals surface area contributed by atoms with Gasteiger partial charge in [-0.05, 0) is 48.3 Å². The molecule has 2 aromatic rings. The number of anilines is 1. The standard InChI is InChI=1S/C19H20FN3O3S2/c20-18-15-7-11(13-5-6-22(9-13)27-14-3-4-14)1-2-12(15)8-16(24)19(18)23-10-17(25)21-28(23)26/h1-2,7-8,13-14,24H,3-6,9-10H2,(H,21,25). The van der Waals surface area contributed by atoms with Crippen molar-refractivity contribution in [3.05, 3.63) is 35.6 Å². The van der Waals surface area contributed by atoms with E-state index in [0.29, 0.717) is 16.7 Å². The molecule has 0 spiro atoms. The van der Waals surface area contributed by atoms with Gasteiger partial charge < -0.3 is 5.11 Å². The fraction of sp³-hybridized carbons (Fsp3) is 0.421. The van der Waals surface area contributed by atoms with E-state index < -0.39 is 22.9 Å². The van der Waals surface area contributed by atoms with Gasteiger partial charge >= 0.3 is 0 Å². The number of carbonyl (C=O) groups excluding carboxylic acids is 1. The third-order valence-electron chi connectivity index (χ3n) is 5.44. The first-order valence-electron chi connectivity index (χ1n) is 9.35. The maximum absolute atomic E-state index is 15.3. The van der Waals surface area contributed by atoms with E-state index in [1.165, 1.54) is 18.9 Å². The topological polar surface area (TPSA) is 72.9 Å². The molecular formula is C19H20FN3O3S2. The molecule has 0 bridgehead atoms. The molecular weight excluding hydrogens is 401 g/mol. The average molecular weight is 422 g/mol. The predicted octanol–water partition coefficient (Wildman–Crippen LogP) is 2.80. The molecule has 2 aliphatic heterocycles. The number of rotatable bonds is 4. The van der Waals surface area contributed by atoms with Crippen LogP contribution >= 0.6 is 11.9 Å². The van der Waals surface area contributed by atoms with Crippen molar-refractivity contribution in [3.63, 3.8) is 0 Å². The Hall–Kier alpha value is -1.84. The molecule has 2 heterocycles. The van der Waals surface area contributed by atoms with Gasteiger partial charge in [-0.1, -0.05) is 24.1 Å². The highest BCUT2D eigenvalue weighted by molar-refractivity contribution is 7.97. The number of phenols is 1. The molecule has 0 radical (unpaired) electrons. The summed E-state index contributed by atoms with van der Waals surface area (Å²) in [5.74, 6) is -1.10. The highest BCUT2D eigenvalue weighted by Gasteiger charge is 2.33. The summed E-state index contributed by atoms with van der Waals surface area (Å²) in [6.07, 6.45) is 3.63. The van der Waals surface area contributed by atoms with Crippen LogP contribution in [0.5, 0.6) is 5.75 Å². The molecule has 5 rings (SSSR count). The molecule has 2 saturated heterocycles. The third kappa shape index (κ3) is 3.25. The van der Waals surface area contributed by atoms with Crippen LogP contribution in [0.15, 0.2) is 24.3 Å². The number of nitrogens with zero attached hydrogens (tertiary/aromatic N) is 2. The maximum atomic E-state index is 15.3. The zero-order chi connectivity index (χ0) is 19.4. The molecule has 3 fully saturated rings. The SMILES string of the molecule is O=C1CN(c2c(O)cc3ccc(C4CCN(SC5CC5)C4)cc3c2F)S(=O)N1. The summed E-state index contributed by atoms with van der Waals surface area (Å²) in [7, 11) is 0. The van der Waals surface area contributed by atoms with Crippen LogP contribution in [0.3, 0.4) is 0 Å². The number of fused-ring (bicyclic) bond motifs is 1. The van der Waals surface area contributed by atoms with Crippen LogP contribution in [-0.2, 0) is 16.0 Å². The van der Waals surface area contributed by atoms with E-state index in [9.17, 15) is 14.1 Å². The van der Waals surface area contributed by atoms with Gasteiger partial charge in [0.05, 0.1) is 0 Å². The van der Waals surface area contributed by atoms with Crippen LogP contribution in [0.1, 0.15) is 30.7 Å². The molecule has 2 aromatic carbocycles. The van der Waals surface area contributed by atoms with E-state index in [-0.39, 0.29) is 18.0 Å². The molecule has 2 unspecified atom stereocenters. The lowest BCUT2D eigenvalue weighted by molar-refractivity contribution is -0.117. The van der Waals surface area contributed by atoms with Crippen LogP contribution in [0.25, 0.3) is 10.8 Å². The number of phenolic OH excluding ortho intramolecular Hbond substituents is 1. The molecule has 28 heavy (non-hydrogen) atoms. The minimum atomic E-state index is -1.89. The highest BCUT2D eigenvalue weighted by Crippen LogP contribution is 2.42.